The van der Waals surface area contributed by atoms with Crippen LogP contribution in [0.4, 0.5) is 0 Å². The molecule has 0 atom stereocenters. The molecular weight excluding hydrogens is 304 g/mol. The average Bonchev–Trinajstić information content (AvgIpc) is 2.61. The Hall–Kier alpha value is -1.60. The Kier molecular flexibility index (Phi) is 7.05. The van der Waals surface area contributed by atoms with Crippen LogP contribution in [-0.4, -0.2) is 8.07 Å². The Bertz CT molecular complexity index is 638. The predicted molar refractivity (Wildman–Crippen MR) is 111 cm³/mol. The number of benzene rings is 2. The molecule has 0 unspecified atom stereocenters. The molecule has 24 heavy (non-hydrogen) atoms. The molecule has 0 bridgehead atoms. The summed E-state index contributed by atoms with van der Waals surface area (Å²) in [7, 11) is -1.60. The molecule has 0 fully saturated rings. The Balaban J connectivity index is 2.47. The van der Waals surface area contributed by atoms with Gasteiger partial charge in [-0.2, -0.15) is 0 Å². The van der Waals surface area contributed by atoms with Gasteiger partial charge >= 0.3 is 0 Å². The van der Waals surface area contributed by atoms with Crippen molar-refractivity contribution in [3.63, 3.8) is 0 Å². The quantitative estimate of drug-likeness (QED) is 0.498. The normalized spacial score (nSPS) is 12.8. The molecule has 2 rings (SSSR count). The van der Waals surface area contributed by atoms with Crippen LogP contribution in [0.1, 0.15) is 45.1 Å². The molecule has 0 heterocycles. The van der Waals surface area contributed by atoms with Crippen LogP contribution in [0.15, 0.2) is 71.4 Å². The minimum atomic E-state index is -1.60. The fraction of sp³-hybridized carbons (Fsp3) is 0.391. The molecule has 0 aliphatic rings. The van der Waals surface area contributed by atoms with Crippen LogP contribution in [0, 0.1) is 0 Å². The van der Waals surface area contributed by atoms with E-state index in [1.54, 1.807) is 16.0 Å². The third-order valence-corrected chi connectivity index (χ3v) is 8.88. The number of hydrogen-bond acceptors (Lipinski definition) is 0. The average molecular weight is 337 g/mol. The molecule has 2 aromatic rings. The van der Waals surface area contributed by atoms with Gasteiger partial charge < -0.3 is 0 Å². The summed E-state index contributed by atoms with van der Waals surface area (Å²) >= 11 is 0. The van der Waals surface area contributed by atoms with Crippen LogP contribution in [0.3, 0.4) is 0 Å². The second-order valence-corrected chi connectivity index (χ2v) is 11.7. The van der Waals surface area contributed by atoms with Crippen molar-refractivity contribution in [2.45, 2.75) is 59.0 Å². The Labute approximate surface area is 149 Å². The first kappa shape index (κ1) is 18.7. The van der Waals surface area contributed by atoms with Gasteiger partial charge in [0.25, 0.3) is 0 Å². The fourth-order valence-electron chi connectivity index (χ4n) is 3.70. The summed E-state index contributed by atoms with van der Waals surface area (Å²) in [5.74, 6) is 0. The molecule has 0 aliphatic carbocycles. The fourth-order valence-corrected chi connectivity index (χ4v) is 7.05. The van der Waals surface area contributed by atoms with Crippen molar-refractivity contribution in [1.82, 2.24) is 0 Å². The van der Waals surface area contributed by atoms with E-state index in [4.69, 9.17) is 0 Å². The third kappa shape index (κ3) is 4.70. The van der Waals surface area contributed by atoms with E-state index in [1.165, 1.54) is 31.2 Å². The molecule has 0 nitrogen and oxygen atoms in total. The standard InChI is InChI=1S/C23H32Si/c1-5-13-21(19-20-15-9-7-10-16-20)23(14-6-2)24(3,4)22-17-11-8-12-18-22/h7-12,15-18H,5-6,13-14,19H2,1-4H3/b23-21+. The summed E-state index contributed by atoms with van der Waals surface area (Å²) < 4.78 is 0. The van der Waals surface area contributed by atoms with Crippen LogP contribution < -0.4 is 5.19 Å². The van der Waals surface area contributed by atoms with E-state index in [0.717, 1.165) is 6.42 Å². The first-order valence-corrected chi connectivity index (χ1v) is 12.4. The van der Waals surface area contributed by atoms with Crippen molar-refractivity contribution in [2.75, 3.05) is 0 Å². The van der Waals surface area contributed by atoms with E-state index < -0.39 is 8.07 Å². The molecule has 0 radical (unpaired) electrons. The summed E-state index contributed by atoms with van der Waals surface area (Å²) in [6.45, 7) is 9.70. The van der Waals surface area contributed by atoms with Crippen molar-refractivity contribution in [3.8, 4) is 0 Å². The Morgan fingerprint density at radius 2 is 1.29 bits per heavy atom. The van der Waals surface area contributed by atoms with Gasteiger partial charge in [0.15, 0.2) is 0 Å². The number of allylic oxidation sites excluding steroid dienone is 2. The maximum absolute atomic E-state index is 2.54. The van der Waals surface area contributed by atoms with E-state index >= 15 is 0 Å². The van der Waals surface area contributed by atoms with E-state index in [0.29, 0.717) is 0 Å². The number of rotatable bonds is 8. The van der Waals surface area contributed by atoms with Gasteiger partial charge in [0.1, 0.15) is 8.07 Å². The molecule has 2 aromatic carbocycles. The lowest BCUT2D eigenvalue weighted by Crippen LogP contribution is -2.44. The second-order valence-electron chi connectivity index (χ2n) is 7.24. The zero-order valence-corrected chi connectivity index (χ0v) is 16.8. The van der Waals surface area contributed by atoms with Crippen LogP contribution in [0.5, 0.6) is 0 Å². The van der Waals surface area contributed by atoms with Gasteiger partial charge in [-0.1, -0.05) is 116 Å². The zero-order chi connectivity index (χ0) is 17.4. The van der Waals surface area contributed by atoms with E-state index in [1.807, 2.05) is 0 Å². The smallest absolute Gasteiger partial charge is 0.0765 e. The first-order valence-electron chi connectivity index (χ1n) is 9.40. The van der Waals surface area contributed by atoms with Crippen molar-refractivity contribution in [3.05, 3.63) is 77.0 Å². The van der Waals surface area contributed by atoms with Crippen LogP contribution in [0.25, 0.3) is 0 Å². The largest absolute Gasteiger partial charge is 0.107 e. The van der Waals surface area contributed by atoms with E-state index in [-0.39, 0.29) is 0 Å². The number of hydrogen-bond donors (Lipinski definition) is 0. The van der Waals surface area contributed by atoms with Crippen molar-refractivity contribution < 1.29 is 0 Å². The summed E-state index contributed by atoms with van der Waals surface area (Å²) in [4.78, 5) is 0. The van der Waals surface area contributed by atoms with Gasteiger partial charge in [-0.25, -0.2) is 0 Å². The lowest BCUT2D eigenvalue weighted by molar-refractivity contribution is 0.832. The SMILES string of the molecule is CCC/C(Cc1ccccc1)=C(/CCC)[Si](C)(C)c1ccccc1. The molecule has 0 amide bonds. The Morgan fingerprint density at radius 1 is 0.750 bits per heavy atom. The van der Waals surface area contributed by atoms with Crippen molar-refractivity contribution >= 4 is 13.3 Å². The van der Waals surface area contributed by atoms with Gasteiger partial charge in [0.05, 0.1) is 0 Å². The summed E-state index contributed by atoms with van der Waals surface area (Å²) in [6.07, 6.45) is 6.06. The highest BCUT2D eigenvalue weighted by Crippen LogP contribution is 2.28. The van der Waals surface area contributed by atoms with Crippen LogP contribution >= 0.6 is 0 Å². The van der Waals surface area contributed by atoms with Gasteiger partial charge in [-0.15, -0.1) is 0 Å². The highest BCUT2D eigenvalue weighted by atomic mass is 28.3. The molecule has 0 saturated carbocycles. The third-order valence-electron chi connectivity index (χ3n) is 4.99. The van der Waals surface area contributed by atoms with E-state index in [9.17, 15) is 0 Å². The minimum absolute atomic E-state index is 1.12. The van der Waals surface area contributed by atoms with Crippen LogP contribution in [-0.2, 0) is 6.42 Å². The molecule has 0 aromatic heterocycles. The molecule has 1 heteroatoms. The lowest BCUT2D eigenvalue weighted by atomic mass is 9.99. The van der Waals surface area contributed by atoms with Gasteiger partial charge in [0.2, 0.25) is 0 Å². The maximum atomic E-state index is 2.54. The second kappa shape index (κ2) is 9.03. The summed E-state index contributed by atoms with van der Waals surface area (Å²) in [6, 6.07) is 22.2. The maximum Gasteiger partial charge on any atom is 0.107 e. The minimum Gasteiger partial charge on any atom is -0.0765 e. The summed E-state index contributed by atoms with van der Waals surface area (Å²) in [5, 5.41) is 3.34. The highest BCUT2D eigenvalue weighted by Gasteiger charge is 2.29. The zero-order valence-electron chi connectivity index (χ0n) is 15.8. The monoisotopic (exact) mass is 336 g/mol. The van der Waals surface area contributed by atoms with E-state index in [2.05, 4.69) is 87.6 Å². The molecule has 128 valence electrons. The Morgan fingerprint density at radius 3 is 1.83 bits per heavy atom. The first-order chi connectivity index (χ1) is 11.6. The topological polar surface area (TPSA) is 0 Å². The van der Waals surface area contributed by atoms with Gasteiger partial charge in [-0.3, -0.25) is 0 Å². The van der Waals surface area contributed by atoms with Gasteiger partial charge in [0, 0.05) is 0 Å². The molecule has 0 saturated heterocycles. The lowest BCUT2D eigenvalue weighted by Gasteiger charge is -2.30. The molecule has 0 N–H and O–H groups in total. The highest BCUT2D eigenvalue weighted by molar-refractivity contribution is 6.95. The van der Waals surface area contributed by atoms with Crippen molar-refractivity contribution in [1.29, 1.82) is 0 Å². The molecule has 0 aliphatic heterocycles. The molecule has 0 spiro atoms. The summed E-state index contributed by atoms with van der Waals surface area (Å²) in [5.41, 5.74) is 3.15. The van der Waals surface area contributed by atoms with Crippen LogP contribution in [0.2, 0.25) is 13.1 Å². The van der Waals surface area contributed by atoms with Crippen molar-refractivity contribution in [2.24, 2.45) is 0 Å². The predicted octanol–water partition coefficient (Wildman–Crippen LogP) is 6.28. The molecular formula is C23H32Si. The van der Waals surface area contributed by atoms with Gasteiger partial charge in [-0.05, 0) is 24.8 Å².